The minimum Gasteiger partial charge on any atom is -0.313 e. The summed E-state index contributed by atoms with van der Waals surface area (Å²) < 4.78 is 0. The van der Waals surface area contributed by atoms with Crippen molar-refractivity contribution in [3.63, 3.8) is 0 Å². The summed E-state index contributed by atoms with van der Waals surface area (Å²) in [7, 11) is 0. The van der Waals surface area contributed by atoms with Crippen LogP contribution in [0.25, 0.3) is 0 Å². The zero-order valence-electron chi connectivity index (χ0n) is 13.0. The molecule has 0 amide bonds. The van der Waals surface area contributed by atoms with Gasteiger partial charge in [0.05, 0.1) is 0 Å². The van der Waals surface area contributed by atoms with Crippen LogP contribution in [0.15, 0.2) is 24.3 Å². The summed E-state index contributed by atoms with van der Waals surface area (Å²) in [5.41, 5.74) is 3.37. The topological polar surface area (TPSA) is 12.0 Å². The van der Waals surface area contributed by atoms with Gasteiger partial charge in [0.15, 0.2) is 0 Å². The van der Waals surface area contributed by atoms with E-state index < -0.39 is 0 Å². The van der Waals surface area contributed by atoms with E-state index in [1.807, 2.05) is 0 Å². The Balaban J connectivity index is 1.77. The van der Waals surface area contributed by atoms with Crippen LogP contribution in [0.4, 0.5) is 0 Å². The van der Waals surface area contributed by atoms with Crippen molar-refractivity contribution >= 4 is 0 Å². The van der Waals surface area contributed by atoms with Crippen molar-refractivity contribution in [2.24, 2.45) is 11.3 Å². The molecule has 0 spiro atoms. The maximum atomic E-state index is 3.78. The van der Waals surface area contributed by atoms with E-state index in [2.05, 4.69) is 57.3 Å². The third-order valence-corrected chi connectivity index (χ3v) is 4.60. The molecule has 0 aliphatic heterocycles. The number of nitrogens with one attached hydrogen (secondary N) is 1. The van der Waals surface area contributed by atoms with Crippen molar-refractivity contribution in [3.8, 4) is 0 Å². The van der Waals surface area contributed by atoms with Gasteiger partial charge in [0.1, 0.15) is 0 Å². The molecule has 1 N–H and O–H groups in total. The van der Waals surface area contributed by atoms with Crippen molar-refractivity contribution in [2.45, 2.75) is 59.4 Å². The fourth-order valence-corrected chi connectivity index (χ4v) is 3.52. The zero-order chi connectivity index (χ0) is 13.9. The Bertz CT molecular complexity index is 408. The van der Waals surface area contributed by atoms with Gasteiger partial charge in [-0.1, -0.05) is 50.6 Å². The predicted molar refractivity (Wildman–Crippen MR) is 83.5 cm³/mol. The van der Waals surface area contributed by atoms with Crippen LogP contribution < -0.4 is 5.32 Å². The summed E-state index contributed by atoms with van der Waals surface area (Å²) in [4.78, 5) is 0. The van der Waals surface area contributed by atoms with Crippen molar-refractivity contribution in [2.75, 3.05) is 6.54 Å². The monoisotopic (exact) mass is 259 g/mol. The molecule has 1 saturated carbocycles. The number of aryl methyl sites for hydroxylation is 1. The Morgan fingerprint density at radius 3 is 2.79 bits per heavy atom. The molecule has 106 valence electrons. The van der Waals surface area contributed by atoms with Crippen LogP contribution in [0.5, 0.6) is 0 Å². The highest BCUT2D eigenvalue weighted by Gasteiger charge is 2.31. The lowest BCUT2D eigenvalue weighted by atomic mass is 9.70. The summed E-state index contributed by atoms with van der Waals surface area (Å²) in [6.45, 7) is 10.5. The van der Waals surface area contributed by atoms with Gasteiger partial charge in [-0.25, -0.2) is 0 Å². The van der Waals surface area contributed by atoms with Crippen molar-refractivity contribution in [1.82, 2.24) is 5.32 Å². The van der Waals surface area contributed by atoms with Gasteiger partial charge < -0.3 is 5.32 Å². The van der Waals surface area contributed by atoms with Crippen molar-refractivity contribution in [3.05, 3.63) is 35.4 Å². The van der Waals surface area contributed by atoms with Gasteiger partial charge in [-0.2, -0.15) is 0 Å². The molecule has 0 radical (unpaired) electrons. The van der Waals surface area contributed by atoms with E-state index in [4.69, 9.17) is 0 Å². The molecule has 2 unspecified atom stereocenters. The molecule has 0 aromatic heterocycles. The SMILES string of the molecule is Cc1cccc(CCNC2CCC(C)(C)CC2C)c1. The molecule has 0 heterocycles. The highest BCUT2D eigenvalue weighted by molar-refractivity contribution is 5.22. The van der Waals surface area contributed by atoms with Crippen LogP contribution in [0.1, 0.15) is 51.2 Å². The van der Waals surface area contributed by atoms with E-state index in [1.54, 1.807) is 0 Å². The molecule has 0 saturated heterocycles. The number of hydrogen-bond donors (Lipinski definition) is 1. The minimum atomic E-state index is 0.550. The third-order valence-electron chi connectivity index (χ3n) is 4.60. The second kappa shape index (κ2) is 6.09. The predicted octanol–water partition coefficient (Wildman–Crippen LogP) is 4.34. The van der Waals surface area contributed by atoms with E-state index >= 15 is 0 Å². The van der Waals surface area contributed by atoms with Gasteiger partial charge in [0, 0.05) is 6.04 Å². The van der Waals surface area contributed by atoms with Crippen molar-refractivity contribution < 1.29 is 0 Å². The lowest BCUT2D eigenvalue weighted by Gasteiger charge is -2.39. The molecule has 2 rings (SSSR count). The first-order chi connectivity index (χ1) is 8.96. The van der Waals surface area contributed by atoms with Crippen LogP contribution in [-0.4, -0.2) is 12.6 Å². The van der Waals surface area contributed by atoms with E-state index in [0.29, 0.717) is 5.41 Å². The highest BCUT2D eigenvalue weighted by Crippen LogP contribution is 2.38. The maximum Gasteiger partial charge on any atom is 0.00932 e. The Morgan fingerprint density at radius 2 is 2.11 bits per heavy atom. The molecule has 1 heteroatoms. The zero-order valence-corrected chi connectivity index (χ0v) is 13.0. The molecule has 1 nitrogen and oxygen atoms in total. The first-order valence-corrected chi connectivity index (χ1v) is 7.75. The van der Waals surface area contributed by atoms with E-state index in [9.17, 15) is 0 Å². The summed E-state index contributed by atoms with van der Waals surface area (Å²) in [6, 6.07) is 9.59. The lowest BCUT2D eigenvalue weighted by molar-refractivity contribution is 0.149. The molecule has 1 aromatic rings. The van der Waals surface area contributed by atoms with Gasteiger partial charge in [-0.05, 0) is 56.0 Å². The maximum absolute atomic E-state index is 3.78. The molecule has 19 heavy (non-hydrogen) atoms. The first-order valence-electron chi connectivity index (χ1n) is 7.75. The summed E-state index contributed by atoms with van der Waals surface area (Å²) in [5, 5.41) is 3.78. The number of rotatable bonds is 4. The minimum absolute atomic E-state index is 0.550. The van der Waals surface area contributed by atoms with Gasteiger partial charge in [-0.15, -0.1) is 0 Å². The average Bonchev–Trinajstić information content (AvgIpc) is 2.31. The Kier molecular flexibility index (Phi) is 4.67. The van der Waals surface area contributed by atoms with Crippen molar-refractivity contribution in [1.29, 1.82) is 0 Å². The third kappa shape index (κ3) is 4.35. The largest absolute Gasteiger partial charge is 0.313 e. The number of benzene rings is 1. The first kappa shape index (κ1) is 14.6. The standard InChI is InChI=1S/C18H29N/c1-14-6-5-7-16(12-14)9-11-19-17-8-10-18(3,4)13-15(17)2/h5-7,12,15,17,19H,8-11,13H2,1-4H3. The normalized spacial score (nSPS) is 26.3. The summed E-state index contributed by atoms with van der Waals surface area (Å²) in [6.07, 6.45) is 5.20. The average molecular weight is 259 g/mol. The quantitative estimate of drug-likeness (QED) is 0.848. The second-order valence-electron chi connectivity index (χ2n) is 7.18. The van der Waals surface area contributed by atoms with Gasteiger partial charge in [-0.3, -0.25) is 0 Å². The second-order valence-corrected chi connectivity index (χ2v) is 7.18. The Labute approximate surface area is 118 Å². The van der Waals surface area contributed by atoms with E-state index in [-0.39, 0.29) is 0 Å². The lowest BCUT2D eigenvalue weighted by Crippen LogP contribution is -2.42. The fourth-order valence-electron chi connectivity index (χ4n) is 3.52. The van der Waals surface area contributed by atoms with Crippen LogP contribution in [0, 0.1) is 18.3 Å². The van der Waals surface area contributed by atoms with E-state index in [0.717, 1.165) is 24.9 Å². The smallest absolute Gasteiger partial charge is 0.00932 e. The number of hydrogen-bond acceptors (Lipinski definition) is 1. The van der Waals surface area contributed by atoms with Crippen LogP contribution in [-0.2, 0) is 6.42 Å². The highest BCUT2D eigenvalue weighted by atomic mass is 14.9. The van der Waals surface area contributed by atoms with Crippen LogP contribution in [0.2, 0.25) is 0 Å². The molecular weight excluding hydrogens is 230 g/mol. The summed E-state index contributed by atoms with van der Waals surface area (Å²) >= 11 is 0. The van der Waals surface area contributed by atoms with Crippen LogP contribution >= 0.6 is 0 Å². The Hall–Kier alpha value is -0.820. The summed E-state index contributed by atoms with van der Waals surface area (Å²) in [5.74, 6) is 0.807. The van der Waals surface area contributed by atoms with Gasteiger partial charge in [0.2, 0.25) is 0 Å². The fraction of sp³-hybridized carbons (Fsp3) is 0.667. The molecule has 1 fully saturated rings. The molecule has 1 aliphatic rings. The van der Waals surface area contributed by atoms with Crippen LogP contribution in [0.3, 0.4) is 0 Å². The van der Waals surface area contributed by atoms with E-state index in [1.165, 1.54) is 30.4 Å². The molecule has 0 bridgehead atoms. The Morgan fingerprint density at radius 1 is 1.32 bits per heavy atom. The van der Waals surface area contributed by atoms with Gasteiger partial charge in [0.25, 0.3) is 0 Å². The molecular formula is C18H29N. The molecule has 1 aliphatic carbocycles. The molecule has 1 aromatic carbocycles. The van der Waals surface area contributed by atoms with Gasteiger partial charge >= 0.3 is 0 Å². The molecule has 2 atom stereocenters.